The first-order valence-corrected chi connectivity index (χ1v) is 13.4. The molecule has 0 N–H and O–H groups in total. The summed E-state index contributed by atoms with van der Waals surface area (Å²) in [5, 5.41) is 0.177. The molecular weight excluding hydrogens is 368 g/mol. The quantitative estimate of drug-likeness (QED) is 0.371. The molecule has 2 aromatic rings. The third-order valence-corrected chi connectivity index (χ3v) is 10.6. The maximum absolute atomic E-state index is 6.89. The summed E-state index contributed by atoms with van der Waals surface area (Å²) in [6.07, 6.45) is 9.53. The normalized spacial score (nSPS) is 15.0. The molecule has 0 radical (unpaired) electrons. The molecule has 2 rings (SSSR count). The van der Waals surface area contributed by atoms with Gasteiger partial charge in [0.25, 0.3) is 0 Å². The molecule has 0 aliphatic rings. The van der Waals surface area contributed by atoms with Crippen LogP contribution in [0.5, 0.6) is 5.88 Å². The minimum atomic E-state index is -1.89. The summed E-state index contributed by atoms with van der Waals surface area (Å²) in [6.45, 7) is 16.0. The Labute approximate surface area is 171 Å². The van der Waals surface area contributed by atoms with Gasteiger partial charge in [-0.25, -0.2) is 9.97 Å². The van der Waals surface area contributed by atoms with Crippen molar-refractivity contribution in [1.29, 1.82) is 0 Å². The Morgan fingerprint density at radius 2 is 1.82 bits per heavy atom. The molecule has 0 aliphatic heterocycles. The van der Waals surface area contributed by atoms with Crippen LogP contribution >= 0.6 is 0 Å². The molecule has 0 amide bonds. The van der Waals surface area contributed by atoms with Crippen LogP contribution in [0.1, 0.15) is 72.8 Å². The average Bonchev–Trinajstić information content (AvgIpc) is 3.06. The lowest BCUT2D eigenvalue weighted by molar-refractivity contribution is 0.118. The smallest absolute Gasteiger partial charge is 0.245 e. The van der Waals surface area contributed by atoms with E-state index < -0.39 is 8.32 Å². The molecule has 0 aromatic carbocycles. The largest absolute Gasteiger partial charge is 0.479 e. The first-order chi connectivity index (χ1) is 13.1. The standard InChI is InChI=1S/C21H38N4O2Si/c1-9-10-11-12-13-17(27-28(7,8)21(3,4)5)16(2)25-15-24-18-19(25)22-14-23-20(18)26-6/h14-17H,9-13H2,1-8H3/t16-,17+/m1/s1. The molecule has 2 heterocycles. The van der Waals surface area contributed by atoms with E-state index in [4.69, 9.17) is 9.16 Å². The molecule has 0 fully saturated rings. The number of unbranched alkanes of at least 4 members (excludes halogenated alkanes) is 3. The lowest BCUT2D eigenvalue weighted by atomic mass is 10.0. The van der Waals surface area contributed by atoms with Gasteiger partial charge in [-0.1, -0.05) is 53.4 Å². The monoisotopic (exact) mass is 406 g/mol. The maximum Gasteiger partial charge on any atom is 0.245 e. The number of fused-ring (bicyclic) bond motifs is 1. The lowest BCUT2D eigenvalue weighted by Gasteiger charge is -2.41. The average molecular weight is 407 g/mol. The summed E-state index contributed by atoms with van der Waals surface area (Å²) in [6, 6.07) is 0.139. The van der Waals surface area contributed by atoms with E-state index in [2.05, 4.69) is 67.2 Å². The summed E-state index contributed by atoms with van der Waals surface area (Å²) >= 11 is 0. The second-order valence-electron chi connectivity index (χ2n) is 9.21. The van der Waals surface area contributed by atoms with Gasteiger partial charge in [-0.15, -0.1) is 0 Å². The Morgan fingerprint density at radius 1 is 1.11 bits per heavy atom. The van der Waals surface area contributed by atoms with Gasteiger partial charge in [0.2, 0.25) is 5.88 Å². The van der Waals surface area contributed by atoms with Gasteiger partial charge in [0.1, 0.15) is 6.33 Å². The van der Waals surface area contributed by atoms with Crippen LogP contribution in [0, 0.1) is 0 Å². The van der Waals surface area contributed by atoms with Crippen LogP contribution in [0.25, 0.3) is 11.2 Å². The number of aromatic nitrogens is 4. The van der Waals surface area contributed by atoms with Crippen LogP contribution in [0.2, 0.25) is 18.1 Å². The SMILES string of the molecule is CCCCCC[C@H](O[Si](C)(C)C(C)(C)C)[C@@H](C)n1cnc2c(OC)ncnc21. The predicted molar refractivity (Wildman–Crippen MR) is 117 cm³/mol. The van der Waals surface area contributed by atoms with E-state index in [0.29, 0.717) is 11.4 Å². The highest BCUT2D eigenvalue weighted by Crippen LogP contribution is 2.39. The first-order valence-electron chi connectivity index (χ1n) is 10.5. The summed E-state index contributed by atoms with van der Waals surface area (Å²) in [4.78, 5) is 13.2. The van der Waals surface area contributed by atoms with Crippen LogP contribution in [-0.4, -0.2) is 41.1 Å². The topological polar surface area (TPSA) is 62.1 Å². The van der Waals surface area contributed by atoms with E-state index in [9.17, 15) is 0 Å². The lowest BCUT2D eigenvalue weighted by Crippen LogP contribution is -2.45. The zero-order chi connectivity index (χ0) is 20.9. The number of rotatable bonds is 10. The molecule has 7 heteroatoms. The van der Waals surface area contributed by atoms with Gasteiger partial charge in [-0.3, -0.25) is 0 Å². The molecule has 0 aliphatic carbocycles. The zero-order valence-electron chi connectivity index (χ0n) is 19.0. The fourth-order valence-corrected chi connectivity index (χ4v) is 4.61. The van der Waals surface area contributed by atoms with E-state index in [1.54, 1.807) is 7.11 Å². The molecule has 6 nitrogen and oxygen atoms in total. The van der Waals surface area contributed by atoms with Crippen LogP contribution in [0.4, 0.5) is 0 Å². The molecule has 0 saturated carbocycles. The van der Waals surface area contributed by atoms with Crippen molar-refractivity contribution in [2.75, 3.05) is 7.11 Å². The molecule has 158 valence electrons. The van der Waals surface area contributed by atoms with Crippen molar-refractivity contribution in [2.45, 2.75) is 97.0 Å². The third kappa shape index (κ3) is 5.11. The van der Waals surface area contributed by atoms with Crippen LogP contribution < -0.4 is 4.74 Å². The number of nitrogens with zero attached hydrogens (tertiary/aromatic N) is 4. The number of imidazole rings is 1. The zero-order valence-corrected chi connectivity index (χ0v) is 20.0. The van der Waals surface area contributed by atoms with Gasteiger partial charge in [-0.05, 0) is 31.5 Å². The Morgan fingerprint density at radius 3 is 2.43 bits per heavy atom. The van der Waals surface area contributed by atoms with E-state index >= 15 is 0 Å². The van der Waals surface area contributed by atoms with Crippen molar-refractivity contribution in [3.8, 4) is 5.88 Å². The summed E-state index contributed by atoms with van der Waals surface area (Å²) in [5.74, 6) is 0.515. The van der Waals surface area contributed by atoms with E-state index in [-0.39, 0.29) is 17.2 Å². The van der Waals surface area contributed by atoms with Gasteiger partial charge in [0, 0.05) is 0 Å². The predicted octanol–water partition coefficient (Wildman–Crippen LogP) is 5.76. The Bertz CT molecular complexity index is 754. The molecule has 0 unspecified atom stereocenters. The van der Waals surface area contributed by atoms with Crippen molar-refractivity contribution >= 4 is 19.5 Å². The highest BCUT2D eigenvalue weighted by Gasteiger charge is 2.40. The highest BCUT2D eigenvalue weighted by molar-refractivity contribution is 6.74. The van der Waals surface area contributed by atoms with Crippen LogP contribution in [0.15, 0.2) is 12.7 Å². The Balaban J connectivity index is 2.31. The third-order valence-electron chi connectivity index (χ3n) is 6.09. The molecule has 2 atom stereocenters. The minimum Gasteiger partial charge on any atom is -0.479 e. The number of hydrogen-bond acceptors (Lipinski definition) is 5. The second-order valence-corrected chi connectivity index (χ2v) is 14.0. The van der Waals surface area contributed by atoms with E-state index in [1.807, 2.05) is 6.33 Å². The molecule has 0 spiro atoms. The van der Waals surface area contributed by atoms with Crippen molar-refractivity contribution in [3.63, 3.8) is 0 Å². The van der Waals surface area contributed by atoms with Gasteiger partial charge >= 0.3 is 0 Å². The van der Waals surface area contributed by atoms with Gasteiger partial charge < -0.3 is 13.7 Å². The maximum atomic E-state index is 6.89. The van der Waals surface area contributed by atoms with E-state index in [1.165, 1.54) is 32.0 Å². The van der Waals surface area contributed by atoms with Crippen LogP contribution in [-0.2, 0) is 4.43 Å². The number of ether oxygens (including phenoxy) is 1. The molecule has 28 heavy (non-hydrogen) atoms. The van der Waals surface area contributed by atoms with Crippen molar-refractivity contribution in [2.24, 2.45) is 0 Å². The van der Waals surface area contributed by atoms with Crippen LogP contribution in [0.3, 0.4) is 0 Å². The molecule has 0 bridgehead atoms. The fourth-order valence-electron chi connectivity index (χ4n) is 3.18. The van der Waals surface area contributed by atoms with Gasteiger partial charge in [0.15, 0.2) is 19.5 Å². The second kappa shape index (κ2) is 9.35. The van der Waals surface area contributed by atoms with Crippen molar-refractivity contribution in [3.05, 3.63) is 12.7 Å². The van der Waals surface area contributed by atoms with Gasteiger partial charge in [-0.2, -0.15) is 4.98 Å². The summed E-state index contributed by atoms with van der Waals surface area (Å²) < 4.78 is 14.4. The Hall–Kier alpha value is -1.47. The first kappa shape index (κ1) is 22.8. The van der Waals surface area contributed by atoms with E-state index in [0.717, 1.165) is 12.1 Å². The molecular formula is C21H38N4O2Si. The minimum absolute atomic E-state index is 0.135. The Kier molecular flexibility index (Phi) is 7.62. The summed E-state index contributed by atoms with van der Waals surface area (Å²) in [5.41, 5.74) is 1.51. The van der Waals surface area contributed by atoms with Crippen molar-refractivity contribution < 1.29 is 9.16 Å². The number of methoxy groups -OCH3 is 1. The van der Waals surface area contributed by atoms with Gasteiger partial charge in [0.05, 0.1) is 25.6 Å². The highest BCUT2D eigenvalue weighted by atomic mass is 28.4. The number of hydrogen-bond donors (Lipinski definition) is 0. The molecule has 2 aromatic heterocycles. The molecule has 0 saturated heterocycles. The van der Waals surface area contributed by atoms with Crippen molar-refractivity contribution in [1.82, 2.24) is 19.5 Å². The summed E-state index contributed by atoms with van der Waals surface area (Å²) in [7, 11) is -0.276. The fraction of sp³-hybridized carbons (Fsp3) is 0.762.